The Morgan fingerprint density at radius 1 is 1.21 bits per heavy atom. The van der Waals surface area contributed by atoms with Gasteiger partial charge < -0.3 is 16.1 Å². The smallest absolute Gasteiger partial charge is 0.491 e. The molecule has 28 heavy (non-hydrogen) atoms. The molecule has 0 fully saturated rings. The molecule has 0 aliphatic heterocycles. The van der Waals surface area contributed by atoms with Crippen LogP contribution >= 0.6 is 0 Å². The fraction of sp³-hybridized carbons (Fsp3) is 0.158. The minimum atomic E-state index is -1.10. The van der Waals surface area contributed by atoms with Gasteiger partial charge in [-0.1, -0.05) is 5.69 Å². The number of nitrogens with zero attached hydrogens (tertiary/aromatic N) is 3. The molecule has 3 rings (SSSR count). The summed E-state index contributed by atoms with van der Waals surface area (Å²) in [5, 5.41) is 2.41. The number of carbonyl (C=O) groups is 1. The molecule has 1 N–H and O–H groups in total. The minimum absolute atomic E-state index is 0. The number of amides is 1. The first-order valence-electron chi connectivity index (χ1n) is 7.87. The second-order valence-electron chi connectivity index (χ2n) is 5.39. The quantitative estimate of drug-likeness (QED) is 0.460. The third kappa shape index (κ3) is 8.11. The van der Waals surface area contributed by atoms with Crippen molar-refractivity contribution in [2.75, 3.05) is 5.32 Å². The van der Waals surface area contributed by atoms with Gasteiger partial charge in [0.25, 0.3) is 5.91 Å². The fourth-order valence-corrected chi connectivity index (χ4v) is 1.82. The first-order valence-corrected chi connectivity index (χ1v) is 7.87. The van der Waals surface area contributed by atoms with Crippen molar-refractivity contribution >= 4 is 11.6 Å². The van der Waals surface area contributed by atoms with Crippen LogP contribution in [0.4, 0.5) is 14.5 Å². The van der Waals surface area contributed by atoms with E-state index in [2.05, 4.69) is 32.4 Å². The van der Waals surface area contributed by atoms with Crippen molar-refractivity contribution in [3.05, 3.63) is 78.6 Å². The van der Waals surface area contributed by atoms with E-state index in [-0.39, 0.29) is 48.6 Å². The second kappa shape index (κ2) is 12.2. The zero-order valence-corrected chi connectivity index (χ0v) is 19.3. The summed E-state index contributed by atoms with van der Waals surface area (Å²) in [6, 6.07) is 9.85. The zero-order valence-electron chi connectivity index (χ0n) is 15.1. The van der Waals surface area contributed by atoms with Crippen molar-refractivity contribution in [3.8, 4) is 5.75 Å². The van der Waals surface area contributed by atoms with Crippen LogP contribution in [-0.2, 0) is 0 Å². The number of aromatic nitrogens is 3. The molecule has 0 atom stereocenters. The number of hydrogen-bond acceptors (Lipinski definition) is 5. The van der Waals surface area contributed by atoms with Gasteiger partial charge in [-0.05, 0) is 19.9 Å². The van der Waals surface area contributed by atoms with Gasteiger partial charge in [-0.2, -0.15) is 6.07 Å². The van der Waals surface area contributed by atoms with Crippen LogP contribution in [0, 0.1) is 54.9 Å². The molecule has 0 aliphatic rings. The number of rotatable bonds is 4. The molecule has 0 aliphatic carbocycles. The summed E-state index contributed by atoms with van der Waals surface area (Å²) in [7, 11) is 0. The Hall–Kier alpha value is -2.37. The van der Waals surface area contributed by atoms with Crippen LogP contribution in [0.1, 0.15) is 24.3 Å². The van der Waals surface area contributed by atoms with Gasteiger partial charge in [-0.3, -0.25) is 24.1 Å². The van der Waals surface area contributed by atoms with E-state index in [1.807, 2.05) is 13.8 Å². The third-order valence-corrected chi connectivity index (χ3v) is 2.87. The number of hydrogen-bond donors (Lipinski definition) is 1. The van der Waals surface area contributed by atoms with Crippen molar-refractivity contribution < 1.29 is 49.4 Å². The van der Waals surface area contributed by atoms with E-state index >= 15 is 0 Å². The van der Waals surface area contributed by atoms with Crippen LogP contribution in [0.5, 0.6) is 5.75 Å². The molecule has 0 saturated carbocycles. The summed E-state index contributed by atoms with van der Waals surface area (Å²) >= 11 is 0. The molecule has 142 valence electrons. The molecule has 0 unspecified atom stereocenters. The van der Waals surface area contributed by atoms with Crippen LogP contribution in [0.2, 0.25) is 0 Å². The molecule has 0 bridgehead atoms. The van der Waals surface area contributed by atoms with Gasteiger partial charge in [-0.25, -0.2) is 4.39 Å². The third-order valence-electron chi connectivity index (χ3n) is 2.87. The Kier molecular flexibility index (Phi) is 10.3. The Labute approximate surface area is 185 Å². The van der Waals surface area contributed by atoms with Crippen molar-refractivity contribution in [3.63, 3.8) is 0 Å². The maximum Gasteiger partial charge on any atom is 2.00 e. The molecular weight excluding hydrogens is 592 g/mol. The van der Waals surface area contributed by atoms with Gasteiger partial charge in [0.2, 0.25) is 0 Å². The maximum absolute atomic E-state index is 13.0. The topological polar surface area (TPSA) is 77.0 Å². The summed E-state index contributed by atoms with van der Waals surface area (Å²) < 4.78 is 31.3. The Morgan fingerprint density at radius 3 is 2.46 bits per heavy atom. The second-order valence-corrected chi connectivity index (χ2v) is 5.39. The van der Waals surface area contributed by atoms with Gasteiger partial charge in [0.15, 0.2) is 0 Å². The summed E-state index contributed by atoms with van der Waals surface area (Å²) in [6.45, 7) is 3.72. The molecular formula is C19H16F2N4O2U. The van der Waals surface area contributed by atoms with Crippen molar-refractivity contribution in [1.29, 1.82) is 0 Å². The predicted molar refractivity (Wildman–Crippen MR) is 94.0 cm³/mol. The van der Waals surface area contributed by atoms with Crippen molar-refractivity contribution in [1.82, 2.24) is 15.0 Å². The molecule has 1 amide bonds. The first-order chi connectivity index (χ1) is 13.0. The normalized spacial score (nSPS) is 9.61. The van der Waals surface area contributed by atoms with E-state index in [1.165, 1.54) is 18.6 Å². The van der Waals surface area contributed by atoms with Gasteiger partial charge in [-0.15, -0.1) is 24.5 Å². The fourth-order valence-electron chi connectivity index (χ4n) is 1.82. The van der Waals surface area contributed by atoms with Crippen LogP contribution in [0.3, 0.4) is 0 Å². The number of pyridine rings is 1. The number of benzene rings is 1. The molecule has 0 spiro atoms. The molecule has 9 heteroatoms. The van der Waals surface area contributed by atoms with E-state index in [9.17, 15) is 13.6 Å². The van der Waals surface area contributed by atoms with E-state index in [4.69, 9.17) is 4.74 Å². The number of anilines is 1. The number of halogens is 2. The molecule has 6 nitrogen and oxygen atoms in total. The van der Waals surface area contributed by atoms with Gasteiger partial charge in [0.05, 0.1) is 6.10 Å². The molecule has 0 radical (unpaired) electrons. The Morgan fingerprint density at radius 2 is 1.93 bits per heavy atom. The number of nitrogens with one attached hydrogen (secondary N) is 1. The van der Waals surface area contributed by atoms with Crippen LogP contribution in [0.25, 0.3) is 0 Å². The monoisotopic (exact) mass is 608 g/mol. The standard InChI is InChI=1S/C15H13F2N2O2.C4H3N2.U/c1-9(2)21-11-5-6-18-14(8-11)15(20)19-10-3-4-12(16)13(17)7-10;1-2-5-4-6-3-1;/h3,5-9H,1-2H3,(H,19,20);2-4H;/q2*-1;+2. The molecule has 2 heterocycles. The van der Waals surface area contributed by atoms with Gasteiger partial charge >= 0.3 is 31.1 Å². The van der Waals surface area contributed by atoms with Crippen LogP contribution in [0.15, 0.2) is 49.2 Å². The molecule has 3 aromatic rings. The Bertz CT molecular complexity index is 856. The first kappa shape index (κ1) is 23.7. The zero-order chi connectivity index (χ0) is 19.6. The predicted octanol–water partition coefficient (Wildman–Crippen LogP) is 3.48. The molecule has 1 aromatic carbocycles. The van der Waals surface area contributed by atoms with Crippen LogP contribution in [-0.4, -0.2) is 27.0 Å². The molecule has 2 aromatic heterocycles. The van der Waals surface area contributed by atoms with E-state index in [0.717, 1.165) is 12.1 Å². The maximum atomic E-state index is 13.0. The summed E-state index contributed by atoms with van der Waals surface area (Å²) in [6.07, 6.45) is 5.99. The average Bonchev–Trinajstić information content (AvgIpc) is 2.66. The summed E-state index contributed by atoms with van der Waals surface area (Å²) in [4.78, 5) is 23.1. The van der Waals surface area contributed by atoms with E-state index in [0.29, 0.717) is 5.75 Å². The van der Waals surface area contributed by atoms with E-state index in [1.54, 1.807) is 18.5 Å². The number of carbonyl (C=O) groups excluding carboxylic acids is 1. The SMILES string of the molecule is CC(C)Oc1ccnc(C(=O)Nc2c[c-]c(F)c(F)c2)c1.[U+2].[c-]1cncnc1. The van der Waals surface area contributed by atoms with Crippen molar-refractivity contribution in [2.24, 2.45) is 0 Å². The number of ether oxygens (including phenoxy) is 1. The summed E-state index contributed by atoms with van der Waals surface area (Å²) in [5.41, 5.74) is 0.203. The van der Waals surface area contributed by atoms with Gasteiger partial charge in [0, 0.05) is 23.9 Å². The van der Waals surface area contributed by atoms with E-state index < -0.39 is 17.5 Å². The average molecular weight is 608 g/mol. The largest absolute Gasteiger partial charge is 2.00 e. The summed E-state index contributed by atoms with van der Waals surface area (Å²) in [5.74, 6) is -2.23. The molecule has 0 saturated heterocycles. The Balaban J connectivity index is 0.000000478. The van der Waals surface area contributed by atoms with Gasteiger partial charge in [0.1, 0.15) is 17.8 Å². The van der Waals surface area contributed by atoms with Crippen LogP contribution < -0.4 is 10.1 Å². The minimum Gasteiger partial charge on any atom is -0.491 e. The van der Waals surface area contributed by atoms with Crippen molar-refractivity contribution in [2.45, 2.75) is 20.0 Å².